The molecule has 8 N–H and O–H groups in total. The molecule has 0 bridgehead atoms. The van der Waals surface area contributed by atoms with Gasteiger partial charge in [0, 0.05) is 24.3 Å². The molecule has 0 radical (unpaired) electrons. The van der Waals surface area contributed by atoms with Gasteiger partial charge < -0.3 is 74.0 Å². The van der Waals surface area contributed by atoms with Crippen LogP contribution in [0, 0.1) is 0 Å². The highest BCUT2D eigenvalue weighted by Crippen LogP contribution is 2.39. The summed E-state index contributed by atoms with van der Waals surface area (Å²) in [6, 6.07) is 23.1. The summed E-state index contributed by atoms with van der Waals surface area (Å²) in [5.41, 5.74) is 1.96. The van der Waals surface area contributed by atoms with Crippen molar-refractivity contribution in [1.82, 2.24) is 0 Å². The second-order valence-electron chi connectivity index (χ2n) is 15.0. The lowest BCUT2D eigenvalue weighted by molar-refractivity contribution is -0.383. The predicted octanol–water partition coefficient (Wildman–Crippen LogP) is 2.48. The average molecular weight is 927 g/mol. The molecule has 67 heavy (non-hydrogen) atoms. The molecule has 0 spiro atoms. The van der Waals surface area contributed by atoms with Gasteiger partial charge in [-0.05, 0) is 95.1 Å². The van der Waals surface area contributed by atoms with Crippen molar-refractivity contribution >= 4 is 48.2 Å². The predicted molar refractivity (Wildman–Crippen MR) is 233 cm³/mol. The van der Waals surface area contributed by atoms with Gasteiger partial charge in [0.05, 0.1) is 0 Å². The molecule has 0 saturated carbocycles. The monoisotopic (exact) mass is 926 g/mol. The first-order chi connectivity index (χ1) is 32.1. The van der Waals surface area contributed by atoms with Crippen LogP contribution in [-0.2, 0) is 52.3 Å². The first-order valence-electron chi connectivity index (χ1n) is 20.4. The van der Waals surface area contributed by atoms with Crippen molar-refractivity contribution in [2.75, 3.05) is 19.8 Å². The van der Waals surface area contributed by atoms with Crippen LogP contribution in [-0.4, -0.2) is 139 Å². The third kappa shape index (κ3) is 13.6. The number of benzene rings is 4. The van der Waals surface area contributed by atoms with Crippen molar-refractivity contribution in [3.8, 4) is 23.0 Å². The molecule has 2 aliphatic rings. The molecule has 352 valence electrons. The summed E-state index contributed by atoms with van der Waals surface area (Å²) in [5, 5.41) is 83.9. The molecular weight excluding hydrogens is 881 g/mol. The van der Waals surface area contributed by atoms with E-state index in [1.165, 1.54) is 121 Å². The van der Waals surface area contributed by atoms with Gasteiger partial charge >= 0.3 is 23.9 Å². The number of hydrogen-bond donors (Lipinski definition) is 8. The number of phenols is 4. The van der Waals surface area contributed by atoms with E-state index in [4.69, 9.17) is 33.2 Å². The Kier molecular flexibility index (Phi) is 16.6. The molecule has 19 nitrogen and oxygen atoms in total. The van der Waals surface area contributed by atoms with E-state index < -0.39 is 98.5 Å². The summed E-state index contributed by atoms with van der Waals surface area (Å²) >= 11 is 0. The number of aliphatic hydroxyl groups is 4. The normalized spacial score (nSPS) is 25.1. The van der Waals surface area contributed by atoms with Crippen LogP contribution in [0.5, 0.6) is 23.0 Å². The Balaban J connectivity index is 1.25. The first-order valence-corrected chi connectivity index (χ1v) is 20.4. The number of hydrogen-bond acceptors (Lipinski definition) is 19. The van der Waals surface area contributed by atoms with Crippen molar-refractivity contribution in [1.29, 1.82) is 0 Å². The molecule has 2 aliphatic heterocycles. The van der Waals surface area contributed by atoms with Crippen LogP contribution in [0.2, 0.25) is 0 Å². The molecule has 2 saturated heterocycles. The minimum atomic E-state index is -2.66. The van der Waals surface area contributed by atoms with E-state index in [1.807, 2.05) is 0 Å². The number of carbonyl (C=O) groups excluding carboxylic acids is 4. The lowest BCUT2D eigenvalue weighted by Gasteiger charge is -2.44. The van der Waals surface area contributed by atoms with E-state index in [2.05, 4.69) is 0 Å². The zero-order valence-corrected chi connectivity index (χ0v) is 35.2. The summed E-state index contributed by atoms with van der Waals surface area (Å²) in [5.74, 6) is -6.80. The first kappa shape index (κ1) is 49.1. The number of phenolic OH excluding ortho intramolecular Hbond substituents is 4. The zero-order valence-electron chi connectivity index (χ0n) is 35.2. The van der Waals surface area contributed by atoms with E-state index in [-0.39, 0.29) is 23.0 Å². The Morgan fingerprint density at radius 3 is 1.28 bits per heavy atom. The van der Waals surface area contributed by atoms with E-state index in [9.17, 15) is 60.0 Å². The number of ether oxygens (including phenoxy) is 7. The molecule has 0 unspecified atom stereocenters. The van der Waals surface area contributed by atoms with Crippen LogP contribution in [0.3, 0.4) is 0 Å². The van der Waals surface area contributed by atoms with Gasteiger partial charge in [-0.2, -0.15) is 0 Å². The summed E-state index contributed by atoms with van der Waals surface area (Å²) < 4.78 is 39.5. The van der Waals surface area contributed by atoms with Crippen molar-refractivity contribution in [2.24, 2.45) is 0 Å². The quantitative estimate of drug-likeness (QED) is 0.0429. The molecule has 0 amide bonds. The highest BCUT2D eigenvalue weighted by molar-refractivity contribution is 5.89. The molecule has 9 atom stereocenters. The maximum absolute atomic E-state index is 13.3. The molecule has 4 aromatic carbocycles. The van der Waals surface area contributed by atoms with E-state index in [0.29, 0.717) is 22.3 Å². The number of carbonyl (C=O) groups is 4. The van der Waals surface area contributed by atoms with E-state index >= 15 is 0 Å². The average Bonchev–Trinajstić information content (AvgIpc) is 3.58. The van der Waals surface area contributed by atoms with Crippen molar-refractivity contribution < 1.29 is 93.2 Å². The van der Waals surface area contributed by atoms with Crippen molar-refractivity contribution in [3.63, 3.8) is 0 Å². The second kappa shape index (κ2) is 22.7. The molecule has 2 heterocycles. The van der Waals surface area contributed by atoms with E-state index in [1.54, 1.807) is 0 Å². The smallest absolute Gasteiger partial charge is 0.331 e. The molecule has 0 aromatic heterocycles. The third-order valence-electron chi connectivity index (χ3n) is 10.1. The summed E-state index contributed by atoms with van der Waals surface area (Å²) in [4.78, 5) is 51.9. The fraction of sp³-hybridized carbons (Fsp3) is 0.250. The summed E-state index contributed by atoms with van der Waals surface area (Å²) in [6.45, 7) is -2.72. The maximum atomic E-state index is 13.3. The fourth-order valence-corrected chi connectivity index (χ4v) is 6.63. The van der Waals surface area contributed by atoms with Gasteiger partial charge in [0.25, 0.3) is 0 Å². The summed E-state index contributed by atoms with van der Waals surface area (Å²) in [6.07, 6.45) is -5.86. The molecule has 0 aliphatic carbocycles. The third-order valence-corrected chi connectivity index (χ3v) is 10.1. The lowest BCUT2D eigenvalue weighted by Crippen LogP contribution is -2.64. The highest BCUT2D eigenvalue weighted by atomic mass is 16.8. The molecule has 6 rings (SSSR count). The lowest BCUT2D eigenvalue weighted by atomic mass is 9.98. The molecule has 19 heteroatoms. The van der Waals surface area contributed by atoms with Gasteiger partial charge in [-0.25, -0.2) is 19.2 Å². The SMILES string of the molecule is O=C(/C=C/c1ccc(O)cc1)OC[C@H]1O[C@@](CO)(O[C@H]2O[C@H](COC(=O)/C=C/c3ccc(O)cc3)[C@@H](O)[C@H](OC(=O)/C=C/c3ccc(O)cc3)[C@H]2O)[C@@H](OC(=O)/C=C/c2ccc(O)cc2)[C@@H]1O. The Labute approximate surface area is 381 Å². The van der Waals surface area contributed by atoms with Crippen LogP contribution in [0.1, 0.15) is 22.3 Å². The highest BCUT2D eigenvalue weighted by Gasteiger charge is 2.61. The van der Waals surface area contributed by atoms with Crippen LogP contribution in [0.4, 0.5) is 0 Å². The molecule has 4 aromatic rings. The minimum Gasteiger partial charge on any atom is -0.508 e. The van der Waals surface area contributed by atoms with Crippen LogP contribution in [0.25, 0.3) is 24.3 Å². The van der Waals surface area contributed by atoms with Gasteiger partial charge in [-0.1, -0.05) is 48.5 Å². The maximum Gasteiger partial charge on any atom is 0.331 e. The van der Waals surface area contributed by atoms with Gasteiger partial charge in [-0.15, -0.1) is 0 Å². The van der Waals surface area contributed by atoms with E-state index in [0.717, 1.165) is 24.3 Å². The fourth-order valence-electron chi connectivity index (χ4n) is 6.63. The van der Waals surface area contributed by atoms with Gasteiger partial charge in [-0.3, -0.25) is 0 Å². The Morgan fingerprint density at radius 2 is 0.881 bits per heavy atom. The Morgan fingerprint density at radius 1 is 0.507 bits per heavy atom. The standard InChI is InChI=1S/C48H46O19/c49-27-48(46(65-41(57)24-12-31-7-19-35(53)20-8-31)43(59)37(66-48)26-62-39(55)22-10-29-3-15-33(51)16-4-29)67-47-44(60)45(64-40(56)23-11-30-5-17-34(52)18-6-30)42(58)36(63-47)25-61-38(54)21-9-28-1-13-32(50)14-2-28/h1-24,36-37,42-47,49-53,58-60H,25-27H2/b21-9+,22-10+,23-11+,24-12+/t36-,37-,42-,43-,44-,45+,46+,47-,48+/m1/s1. The van der Waals surface area contributed by atoms with Crippen LogP contribution in [0.15, 0.2) is 121 Å². The molecule has 2 fully saturated rings. The van der Waals surface area contributed by atoms with Gasteiger partial charge in [0.15, 0.2) is 18.5 Å². The van der Waals surface area contributed by atoms with Gasteiger partial charge in [0.2, 0.25) is 5.79 Å². The van der Waals surface area contributed by atoms with Crippen LogP contribution < -0.4 is 0 Å². The largest absolute Gasteiger partial charge is 0.508 e. The number of aliphatic hydroxyl groups excluding tert-OH is 4. The summed E-state index contributed by atoms with van der Waals surface area (Å²) in [7, 11) is 0. The van der Waals surface area contributed by atoms with Gasteiger partial charge in [0.1, 0.15) is 73.3 Å². The minimum absolute atomic E-state index is 0.000307. The number of esters is 4. The Bertz CT molecular complexity index is 2430. The second-order valence-corrected chi connectivity index (χ2v) is 15.0. The topological polar surface area (TPSA) is 295 Å². The van der Waals surface area contributed by atoms with Crippen LogP contribution >= 0.6 is 0 Å². The zero-order chi connectivity index (χ0) is 48.1. The van der Waals surface area contributed by atoms with Crippen molar-refractivity contribution in [2.45, 2.75) is 54.8 Å². The molecular formula is C48H46O19. The Hall–Kier alpha value is -7.36. The number of rotatable bonds is 17. The number of aromatic hydroxyl groups is 4. The van der Waals surface area contributed by atoms with Crippen molar-refractivity contribution in [3.05, 3.63) is 144 Å².